The fourth-order valence-corrected chi connectivity index (χ4v) is 2.55. The number of piperazine rings is 1. The zero-order valence-electron chi connectivity index (χ0n) is 11.3. The van der Waals surface area contributed by atoms with Crippen LogP contribution in [-0.4, -0.2) is 46.4 Å². The SMILES string of the molecule is CC1CN(C)C(=O)C(CC#N)N1Cc1cccnc1. The zero-order valence-corrected chi connectivity index (χ0v) is 11.3. The van der Waals surface area contributed by atoms with Crippen LogP contribution in [0.5, 0.6) is 0 Å². The lowest BCUT2D eigenvalue weighted by Crippen LogP contribution is -2.59. The van der Waals surface area contributed by atoms with Crippen LogP contribution in [0.4, 0.5) is 0 Å². The average Bonchev–Trinajstić information content (AvgIpc) is 2.41. The van der Waals surface area contributed by atoms with Crippen LogP contribution in [0.2, 0.25) is 0 Å². The number of nitrogens with zero attached hydrogens (tertiary/aromatic N) is 4. The molecule has 5 nitrogen and oxygen atoms in total. The third-order valence-electron chi connectivity index (χ3n) is 3.54. The molecule has 2 atom stereocenters. The minimum atomic E-state index is -0.348. The Kier molecular flexibility index (Phi) is 4.13. The summed E-state index contributed by atoms with van der Waals surface area (Å²) in [5, 5.41) is 8.93. The summed E-state index contributed by atoms with van der Waals surface area (Å²) in [5.41, 5.74) is 1.06. The van der Waals surface area contributed by atoms with Crippen LogP contribution in [0, 0.1) is 11.3 Å². The van der Waals surface area contributed by atoms with Crippen molar-refractivity contribution < 1.29 is 4.79 Å². The second-order valence-corrected chi connectivity index (χ2v) is 4.98. The molecule has 1 aliphatic heterocycles. The molecule has 100 valence electrons. The maximum absolute atomic E-state index is 12.2. The van der Waals surface area contributed by atoms with Gasteiger partial charge < -0.3 is 4.90 Å². The number of carbonyl (C=O) groups is 1. The smallest absolute Gasteiger partial charge is 0.240 e. The average molecular weight is 258 g/mol. The van der Waals surface area contributed by atoms with Gasteiger partial charge in [-0.25, -0.2) is 0 Å². The summed E-state index contributed by atoms with van der Waals surface area (Å²) in [6.07, 6.45) is 3.77. The third kappa shape index (κ3) is 2.91. The van der Waals surface area contributed by atoms with Crippen molar-refractivity contribution in [2.75, 3.05) is 13.6 Å². The summed E-state index contributed by atoms with van der Waals surface area (Å²) in [7, 11) is 1.80. The molecule has 1 fully saturated rings. The number of pyridine rings is 1. The highest BCUT2D eigenvalue weighted by Crippen LogP contribution is 2.21. The predicted octanol–water partition coefficient (Wildman–Crippen LogP) is 1.03. The van der Waals surface area contributed by atoms with Crippen LogP contribution in [0.1, 0.15) is 18.9 Å². The minimum Gasteiger partial charge on any atom is -0.343 e. The van der Waals surface area contributed by atoms with Gasteiger partial charge in [0.05, 0.1) is 12.5 Å². The lowest BCUT2D eigenvalue weighted by atomic mass is 10.0. The molecule has 1 amide bonds. The summed E-state index contributed by atoms with van der Waals surface area (Å²) >= 11 is 0. The van der Waals surface area contributed by atoms with E-state index >= 15 is 0 Å². The molecule has 0 saturated carbocycles. The summed E-state index contributed by atoms with van der Waals surface area (Å²) in [5.74, 6) is 0.0311. The normalized spacial score (nSPS) is 24.3. The van der Waals surface area contributed by atoms with Crippen LogP contribution in [0.15, 0.2) is 24.5 Å². The molecule has 0 radical (unpaired) electrons. The molecule has 2 rings (SSSR count). The first-order valence-corrected chi connectivity index (χ1v) is 6.40. The van der Waals surface area contributed by atoms with E-state index in [1.54, 1.807) is 24.3 Å². The molecule has 0 N–H and O–H groups in total. The number of aromatic nitrogens is 1. The van der Waals surface area contributed by atoms with Crippen molar-refractivity contribution in [2.45, 2.75) is 32.0 Å². The van der Waals surface area contributed by atoms with E-state index in [0.717, 1.165) is 5.56 Å². The van der Waals surface area contributed by atoms with Gasteiger partial charge in [0.15, 0.2) is 0 Å². The van der Waals surface area contributed by atoms with E-state index in [1.807, 2.05) is 12.1 Å². The summed E-state index contributed by atoms with van der Waals surface area (Å²) in [6.45, 7) is 3.44. The number of likely N-dealkylation sites (N-methyl/N-ethyl adjacent to an activating group) is 1. The largest absolute Gasteiger partial charge is 0.343 e. The van der Waals surface area contributed by atoms with Crippen molar-refractivity contribution in [3.8, 4) is 6.07 Å². The molecular formula is C14H18N4O. The van der Waals surface area contributed by atoms with Gasteiger partial charge in [0.25, 0.3) is 0 Å². The van der Waals surface area contributed by atoms with Crippen molar-refractivity contribution in [2.24, 2.45) is 0 Å². The molecule has 2 unspecified atom stereocenters. The Morgan fingerprint density at radius 3 is 3.00 bits per heavy atom. The van der Waals surface area contributed by atoms with Gasteiger partial charge in [-0.2, -0.15) is 5.26 Å². The van der Waals surface area contributed by atoms with Gasteiger partial charge in [-0.3, -0.25) is 14.7 Å². The van der Waals surface area contributed by atoms with Crippen molar-refractivity contribution in [1.29, 1.82) is 5.26 Å². The Bertz CT molecular complexity index is 482. The molecule has 1 aromatic heterocycles. The Morgan fingerprint density at radius 1 is 1.58 bits per heavy atom. The molecule has 0 spiro atoms. The van der Waals surface area contributed by atoms with E-state index in [1.165, 1.54) is 0 Å². The van der Waals surface area contributed by atoms with Crippen LogP contribution in [0.25, 0.3) is 0 Å². The van der Waals surface area contributed by atoms with E-state index in [-0.39, 0.29) is 24.4 Å². The quantitative estimate of drug-likeness (QED) is 0.812. The molecule has 0 aromatic carbocycles. The van der Waals surface area contributed by atoms with E-state index in [9.17, 15) is 4.79 Å². The van der Waals surface area contributed by atoms with Crippen molar-refractivity contribution in [3.05, 3.63) is 30.1 Å². The van der Waals surface area contributed by atoms with Crippen LogP contribution in [0.3, 0.4) is 0 Å². The molecular weight excluding hydrogens is 240 g/mol. The molecule has 5 heteroatoms. The highest BCUT2D eigenvalue weighted by Gasteiger charge is 2.36. The first-order chi connectivity index (χ1) is 9.13. The van der Waals surface area contributed by atoms with Crippen molar-refractivity contribution in [3.63, 3.8) is 0 Å². The Hall–Kier alpha value is -1.93. The summed E-state index contributed by atoms with van der Waals surface area (Å²) in [4.78, 5) is 20.1. The highest BCUT2D eigenvalue weighted by molar-refractivity contribution is 5.82. The van der Waals surface area contributed by atoms with Gasteiger partial charge in [0, 0.05) is 38.6 Å². The number of nitriles is 1. The fourth-order valence-electron chi connectivity index (χ4n) is 2.55. The summed E-state index contributed by atoms with van der Waals surface area (Å²) in [6, 6.07) is 5.89. The maximum Gasteiger partial charge on any atom is 0.240 e. The number of carbonyl (C=O) groups excluding carboxylic acids is 1. The standard InChI is InChI=1S/C14H18N4O/c1-11-9-17(2)14(19)13(5-6-15)18(11)10-12-4-3-7-16-8-12/h3-4,7-8,11,13H,5,9-10H2,1-2H3. The monoisotopic (exact) mass is 258 g/mol. The maximum atomic E-state index is 12.2. The predicted molar refractivity (Wildman–Crippen MR) is 70.9 cm³/mol. The fraction of sp³-hybridized carbons (Fsp3) is 0.500. The molecule has 0 aliphatic carbocycles. The Morgan fingerprint density at radius 2 is 2.37 bits per heavy atom. The Labute approximate surface area is 113 Å². The molecule has 1 aliphatic rings. The molecule has 1 saturated heterocycles. The van der Waals surface area contributed by atoms with Gasteiger partial charge in [-0.05, 0) is 18.6 Å². The number of rotatable bonds is 3. The summed E-state index contributed by atoms with van der Waals surface area (Å²) < 4.78 is 0. The van der Waals surface area contributed by atoms with Gasteiger partial charge >= 0.3 is 0 Å². The zero-order chi connectivity index (χ0) is 13.8. The van der Waals surface area contributed by atoms with Crippen LogP contribution >= 0.6 is 0 Å². The second kappa shape index (κ2) is 5.81. The minimum absolute atomic E-state index is 0.0311. The van der Waals surface area contributed by atoms with E-state index in [0.29, 0.717) is 13.1 Å². The van der Waals surface area contributed by atoms with Crippen LogP contribution < -0.4 is 0 Å². The van der Waals surface area contributed by atoms with Crippen molar-refractivity contribution >= 4 is 5.91 Å². The van der Waals surface area contributed by atoms with Gasteiger partial charge in [-0.1, -0.05) is 6.07 Å². The lowest BCUT2D eigenvalue weighted by Gasteiger charge is -2.43. The Balaban J connectivity index is 2.20. The molecule has 1 aromatic rings. The first kappa shape index (κ1) is 13.5. The van der Waals surface area contributed by atoms with Gasteiger partial charge in [-0.15, -0.1) is 0 Å². The molecule has 0 bridgehead atoms. The van der Waals surface area contributed by atoms with E-state index in [4.69, 9.17) is 5.26 Å². The van der Waals surface area contributed by atoms with Crippen molar-refractivity contribution in [1.82, 2.24) is 14.8 Å². The highest BCUT2D eigenvalue weighted by atomic mass is 16.2. The van der Waals surface area contributed by atoms with Gasteiger partial charge in [0.1, 0.15) is 6.04 Å². The van der Waals surface area contributed by atoms with E-state index < -0.39 is 0 Å². The lowest BCUT2D eigenvalue weighted by molar-refractivity contribution is -0.143. The third-order valence-corrected chi connectivity index (χ3v) is 3.54. The van der Waals surface area contributed by atoms with E-state index in [2.05, 4.69) is 22.9 Å². The number of amides is 1. The van der Waals surface area contributed by atoms with Gasteiger partial charge in [0.2, 0.25) is 5.91 Å². The number of hydrogen-bond acceptors (Lipinski definition) is 4. The first-order valence-electron chi connectivity index (χ1n) is 6.40. The molecule has 19 heavy (non-hydrogen) atoms. The van der Waals surface area contributed by atoms with Crippen LogP contribution in [-0.2, 0) is 11.3 Å². The molecule has 2 heterocycles. The second-order valence-electron chi connectivity index (χ2n) is 4.98. The topological polar surface area (TPSA) is 60.2 Å². The number of hydrogen-bond donors (Lipinski definition) is 0.